The highest BCUT2D eigenvalue weighted by Gasteiger charge is 2.14. The molecule has 0 aliphatic carbocycles. The lowest BCUT2D eigenvalue weighted by molar-refractivity contribution is -0.138. The number of rotatable bonds is 6. The van der Waals surface area contributed by atoms with Crippen LogP contribution in [0.1, 0.15) is 13.3 Å². The van der Waals surface area contributed by atoms with Gasteiger partial charge in [-0.1, -0.05) is 6.92 Å². The average molecular weight is 231 g/mol. The lowest BCUT2D eigenvalue weighted by Gasteiger charge is -2.18. The standard InChI is InChI=1S/C9H17N3O4/c1-3-4-12(6-8(14)15)5-7(13)11-9(16)10-2/h3-6H2,1-2H3,(H,14,15)(H2,10,11,13,16). The summed E-state index contributed by atoms with van der Waals surface area (Å²) in [5.41, 5.74) is 0. The molecule has 0 aliphatic rings. The second-order valence-corrected chi connectivity index (χ2v) is 3.23. The van der Waals surface area contributed by atoms with Gasteiger partial charge in [0.25, 0.3) is 0 Å². The Labute approximate surface area is 93.8 Å². The number of amides is 3. The van der Waals surface area contributed by atoms with E-state index >= 15 is 0 Å². The maximum Gasteiger partial charge on any atom is 0.321 e. The SMILES string of the molecule is CCCN(CC(=O)O)CC(=O)NC(=O)NC. The van der Waals surface area contributed by atoms with Gasteiger partial charge in [0.15, 0.2) is 0 Å². The number of hydrogen-bond donors (Lipinski definition) is 3. The van der Waals surface area contributed by atoms with E-state index in [9.17, 15) is 14.4 Å². The van der Waals surface area contributed by atoms with Crippen LogP contribution in [0.3, 0.4) is 0 Å². The first kappa shape index (κ1) is 14.4. The van der Waals surface area contributed by atoms with Gasteiger partial charge in [-0.05, 0) is 13.0 Å². The predicted molar refractivity (Wildman–Crippen MR) is 57.0 cm³/mol. The van der Waals surface area contributed by atoms with Crippen molar-refractivity contribution < 1.29 is 19.5 Å². The second kappa shape index (κ2) is 7.63. The first-order chi connectivity index (χ1) is 7.49. The summed E-state index contributed by atoms with van der Waals surface area (Å²) in [5, 5.41) is 12.9. The Hall–Kier alpha value is -1.63. The fourth-order valence-electron chi connectivity index (χ4n) is 1.15. The van der Waals surface area contributed by atoms with E-state index in [2.05, 4.69) is 10.6 Å². The van der Waals surface area contributed by atoms with Gasteiger partial charge in [-0.15, -0.1) is 0 Å². The van der Waals surface area contributed by atoms with Crippen molar-refractivity contribution in [3.63, 3.8) is 0 Å². The molecule has 92 valence electrons. The van der Waals surface area contributed by atoms with Gasteiger partial charge < -0.3 is 10.4 Å². The van der Waals surface area contributed by atoms with E-state index in [-0.39, 0.29) is 13.1 Å². The molecule has 0 aromatic rings. The average Bonchev–Trinajstić information content (AvgIpc) is 2.16. The number of urea groups is 1. The second-order valence-electron chi connectivity index (χ2n) is 3.23. The molecule has 0 fully saturated rings. The highest BCUT2D eigenvalue weighted by Crippen LogP contribution is 1.91. The first-order valence-corrected chi connectivity index (χ1v) is 4.95. The van der Waals surface area contributed by atoms with E-state index in [1.165, 1.54) is 11.9 Å². The summed E-state index contributed by atoms with van der Waals surface area (Å²) >= 11 is 0. The Morgan fingerprint density at radius 3 is 2.31 bits per heavy atom. The van der Waals surface area contributed by atoms with Gasteiger partial charge in [0, 0.05) is 7.05 Å². The Kier molecular flexibility index (Phi) is 6.86. The number of carbonyl (C=O) groups excluding carboxylic acids is 2. The molecule has 0 saturated heterocycles. The number of carboxylic acid groups (broad SMARTS) is 1. The van der Waals surface area contributed by atoms with E-state index in [4.69, 9.17) is 5.11 Å². The predicted octanol–water partition coefficient (Wildman–Crippen LogP) is -0.761. The van der Waals surface area contributed by atoms with Crippen molar-refractivity contribution in [3.05, 3.63) is 0 Å². The summed E-state index contributed by atoms with van der Waals surface area (Å²) in [4.78, 5) is 34.0. The maximum absolute atomic E-state index is 11.3. The highest BCUT2D eigenvalue weighted by atomic mass is 16.4. The fraction of sp³-hybridized carbons (Fsp3) is 0.667. The molecule has 0 spiro atoms. The normalized spacial score (nSPS) is 9.94. The van der Waals surface area contributed by atoms with E-state index in [0.717, 1.165) is 6.42 Å². The Bertz CT molecular complexity index is 267. The van der Waals surface area contributed by atoms with Crippen LogP contribution in [0.15, 0.2) is 0 Å². The Morgan fingerprint density at radius 2 is 1.88 bits per heavy atom. The van der Waals surface area contributed by atoms with Crippen LogP contribution in [0.4, 0.5) is 4.79 Å². The zero-order chi connectivity index (χ0) is 12.6. The van der Waals surface area contributed by atoms with Crippen LogP contribution in [0.5, 0.6) is 0 Å². The van der Waals surface area contributed by atoms with Crippen LogP contribution in [0.2, 0.25) is 0 Å². The molecular weight excluding hydrogens is 214 g/mol. The minimum atomic E-state index is -0.999. The van der Waals surface area contributed by atoms with Crippen LogP contribution in [0, 0.1) is 0 Å². The van der Waals surface area contributed by atoms with Gasteiger partial charge in [-0.25, -0.2) is 4.79 Å². The molecule has 0 aromatic carbocycles. The number of carbonyl (C=O) groups is 3. The van der Waals surface area contributed by atoms with Crippen LogP contribution >= 0.6 is 0 Å². The molecule has 3 amide bonds. The third kappa shape index (κ3) is 6.77. The zero-order valence-corrected chi connectivity index (χ0v) is 9.45. The van der Waals surface area contributed by atoms with Gasteiger partial charge in [-0.2, -0.15) is 0 Å². The van der Waals surface area contributed by atoms with Crippen LogP contribution in [-0.4, -0.2) is 54.6 Å². The van der Waals surface area contributed by atoms with Crippen molar-refractivity contribution in [2.75, 3.05) is 26.7 Å². The van der Waals surface area contributed by atoms with Crippen molar-refractivity contribution in [2.45, 2.75) is 13.3 Å². The molecule has 3 N–H and O–H groups in total. The zero-order valence-electron chi connectivity index (χ0n) is 9.45. The van der Waals surface area contributed by atoms with Crippen molar-refractivity contribution in [3.8, 4) is 0 Å². The van der Waals surface area contributed by atoms with E-state index in [1.807, 2.05) is 6.92 Å². The molecule has 0 rings (SSSR count). The Morgan fingerprint density at radius 1 is 1.25 bits per heavy atom. The Balaban J connectivity index is 4.11. The molecule has 16 heavy (non-hydrogen) atoms. The van der Waals surface area contributed by atoms with Crippen LogP contribution < -0.4 is 10.6 Å². The molecule has 7 nitrogen and oxygen atoms in total. The van der Waals surface area contributed by atoms with E-state index in [0.29, 0.717) is 6.54 Å². The molecule has 0 aromatic heterocycles. The van der Waals surface area contributed by atoms with Gasteiger partial charge in [0.2, 0.25) is 5.91 Å². The van der Waals surface area contributed by atoms with Crippen LogP contribution in [0.25, 0.3) is 0 Å². The lowest BCUT2D eigenvalue weighted by Crippen LogP contribution is -2.44. The molecule has 0 atom stereocenters. The van der Waals surface area contributed by atoms with Crippen molar-refractivity contribution in [1.29, 1.82) is 0 Å². The third-order valence-electron chi connectivity index (χ3n) is 1.75. The molecular formula is C9H17N3O4. The van der Waals surface area contributed by atoms with Gasteiger partial charge in [0.1, 0.15) is 0 Å². The smallest absolute Gasteiger partial charge is 0.321 e. The first-order valence-electron chi connectivity index (χ1n) is 4.95. The minimum Gasteiger partial charge on any atom is -0.480 e. The molecule has 0 aliphatic heterocycles. The summed E-state index contributed by atoms with van der Waals surface area (Å²) in [6.45, 7) is 2.06. The summed E-state index contributed by atoms with van der Waals surface area (Å²) < 4.78 is 0. The number of carboxylic acids is 1. The summed E-state index contributed by atoms with van der Waals surface area (Å²) in [6.07, 6.45) is 0.737. The van der Waals surface area contributed by atoms with E-state index in [1.54, 1.807) is 0 Å². The number of imide groups is 1. The third-order valence-corrected chi connectivity index (χ3v) is 1.75. The van der Waals surface area contributed by atoms with Gasteiger partial charge in [0.05, 0.1) is 13.1 Å². The molecule has 0 saturated carbocycles. The number of aliphatic carboxylic acids is 1. The quantitative estimate of drug-likeness (QED) is 0.558. The largest absolute Gasteiger partial charge is 0.480 e. The highest BCUT2D eigenvalue weighted by molar-refractivity contribution is 5.95. The summed E-state index contributed by atoms with van der Waals surface area (Å²) in [5.74, 6) is -1.52. The number of nitrogens with one attached hydrogen (secondary N) is 2. The van der Waals surface area contributed by atoms with Gasteiger partial charge >= 0.3 is 12.0 Å². The number of nitrogens with zero attached hydrogens (tertiary/aromatic N) is 1. The van der Waals surface area contributed by atoms with Crippen molar-refractivity contribution >= 4 is 17.9 Å². The maximum atomic E-state index is 11.3. The van der Waals surface area contributed by atoms with E-state index < -0.39 is 17.9 Å². The summed E-state index contributed by atoms with van der Waals surface area (Å²) in [7, 11) is 1.39. The molecule has 0 heterocycles. The molecule has 0 unspecified atom stereocenters. The molecule has 0 radical (unpaired) electrons. The number of hydrogen-bond acceptors (Lipinski definition) is 4. The lowest BCUT2D eigenvalue weighted by atomic mass is 10.4. The fourth-order valence-corrected chi connectivity index (χ4v) is 1.15. The molecule has 0 bridgehead atoms. The van der Waals surface area contributed by atoms with Crippen molar-refractivity contribution in [2.24, 2.45) is 0 Å². The summed E-state index contributed by atoms with van der Waals surface area (Å²) in [6, 6.07) is -0.600. The van der Waals surface area contributed by atoms with Crippen molar-refractivity contribution in [1.82, 2.24) is 15.5 Å². The monoisotopic (exact) mass is 231 g/mol. The molecule has 7 heteroatoms. The minimum absolute atomic E-state index is 0.104. The van der Waals surface area contributed by atoms with Gasteiger partial charge in [-0.3, -0.25) is 19.8 Å². The topological polar surface area (TPSA) is 98.7 Å². The van der Waals surface area contributed by atoms with Crippen LogP contribution in [-0.2, 0) is 9.59 Å².